The molecule has 2 rings (SSSR count). The SMILES string of the molecule is CN(C)C(=O)c1cccc(CCN=C(N)NC2CCCCC2)c1.I. The lowest BCUT2D eigenvalue weighted by Gasteiger charge is -2.23. The molecule has 1 fully saturated rings. The highest BCUT2D eigenvalue weighted by Crippen LogP contribution is 2.17. The zero-order valence-electron chi connectivity index (χ0n) is 14.6. The lowest BCUT2D eigenvalue weighted by molar-refractivity contribution is 0.0827. The van der Waals surface area contributed by atoms with E-state index in [2.05, 4.69) is 10.3 Å². The van der Waals surface area contributed by atoms with Crippen molar-refractivity contribution in [3.8, 4) is 0 Å². The summed E-state index contributed by atoms with van der Waals surface area (Å²) in [5.41, 5.74) is 7.78. The van der Waals surface area contributed by atoms with Crippen LogP contribution in [0.3, 0.4) is 0 Å². The van der Waals surface area contributed by atoms with Crippen LogP contribution in [0.1, 0.15) is 48.0 Å². The van der Waals surface area contributed by atoms with Gasteiger partial charge in [-0.1, -0.05) is 31.4 Å². The third-order valence-corrected chi connectivity index (χ3v) is 4.22. The first-order valence-corrected chi connectivity index (χ1v) is 8.43. The van der Waals surface area contributed by atoms with E-state index in [1.54, 1.807) is 19.0 Å². The number of amides is 1. The van der Waals surface area contributed by atoms with E-state index < -0.39 is 0 Å². The van der Waals surface area contributed by atoms with Crippen molar-refractivity contribution in [2.45, 2.75) is 44.6 Å². The molecule has 0 atom stereocenters. The lowest BCUT2D eigenvalue weighted by atomic mass is 9.96. The van der Waals surface area contributed by atoms with E-state index in [0.717, 1.165) is 12.0 Å². The van der Waals surface area contributed by atoms with E-state index in [1.165, 1.54) is 32.1 Å². The minimum atomic E-state index is 0. The van der Waals surface area contributed by atoms with Gasteiger partial charge in [0.1, 0.15) is 0 Å². The summed E-state index contributed by atoms with van der Waals surface area (Å²) in [7, 11) is 3.52. The van der Waals surface area contributed by atoms with E-state index in [4.69, 9.17) is 5.73 Å². The molecule has 1 aliphatic carbocycles. The topological polar surface area (TPSA) is 70.7 Å². The van der Waals surface area contributed by atoms with Gasteiger partial charge in [0, 0.05) is 32.2 Å². The molecular formula is C18H29IN4O. The first-order chi connectivity index (χ1) is 11.1. The van der Waals surface area contributed by atoms with Crippen LogP contribution in [0.5, 0.6) is 0 Å². The zero-order valence-corrected chi connectivity index (χ0v) is 17.0. The number of rotatable bonds is 5. The molecule has 0 bridgehead atoms. The fraction of sp³-hybridized carbons (Fsp3) is 0.556. The summed E-state index contributed by atoms with van der Waals surface area (Å²) in [4.78, 5) is 18.0. The van der Waals surface area contributed by atoms with E-state index in [-0.39, 0.29) is 29.9 Å². The highest BCUT2D eigenvalue weighted by Gasteiger charge is 2.13. The van der Waals surface area contributed by atoms with Crippen molar-refractivity contribution >= 4 is 35.8 Å². The first-order valence-electron chi connectivity index (χ1n) is 8.43. The van der Waals surface area contributed by atoms with Crippen molar-refractivity contribution < 1.29 is 4.79 Å². The molecule has 0 saturated heterocycles. The molecule has 0 aromatic heterocycles. The number of guanidine groups is 1. The number of aliphatic imine (C=N–C) groups is 1. The Morgan fingerprint density at radius 2 is 2.00 bits per heavy atom. The predicted molar refractivity (Wildman–Crippen MR) is 110 cm³/mol. The Balaban J connectivity index is 0.00000288. The van der Waals surface area contributed by atoms with E-state index in [1.807, 2.05) is 24.3 Å². The summed E-state index contributed by atoms with van der Waals surface area (Å²) in [6.45, 7) is 0.630. The van der Waals surface area contributed by atoms with E-state index in [9.17, 15) is 4.79 Å². The van der Waals surface area contributed by atoms with Crippen molar-refractivity contribution in [1.29, 1.82) is 0 Å². The Kier molecular flexibility index (Phi) is 9.10. The molecule has 5 nitrogen and oxygen atoms in total. The minimum absolute atomic E-state index is 0. The van der Waals surface area contributed by atoms with Crippen LogP contribution in [0.4, 0.5) is 0 Å². The average Bonchev–Trinajstić information content (AvgIpc) is 2.55. The standard InChI is InChI=1S/C18H28N4O.HI/c1-22(2)17(23)15-8-6-7-14(13-15)11-12-20-18(19)21-16-9-4-3-5-10-16;/h6-8,13,16H,3-5,9-12H2,1-2H3,(H3,19,20,21);1H. The van der Waals surface area contributed by atoms with Gasteiger partial charge in [0.25, 0.3) is 5.91 Å². The molecule has 3 N–H and O–H groups in total. The first kappa shape index (κ1) is 20.7. The predicted octanol–water partition coefficient (Wildman–Crippen LogP) is 2.79. The summed E-state index contributed by atoms with van der Waals surface area (Å²) < 4.78 is 0. The van der Waals surface area contributed by atoms with Gasteiger partial charge < -0.3 is 16.0 Å². The summed E-state index contributed by atoms with van der Waals surface area (Å²) in [5, 5.41) is 3.32. The normalized spacial score (nSPS) is 15.5. The van der Waals surface area contributed by atoms with Gasteiger partial charge in [-0.15, -0.1) is 24.0 Å². The van der Waals surface area contributed by atoms with Crippen LogP contribution in [0.15, 0.2) is 29.3 Å². The molecule has 1 amide bonds. The molecule has 0 aliphatic heterocycles. The molecule has 1 aromatic carbocycles. The van der Waals surface area contributed by atoms with Crippen LogP contribution >= 0.6 is 24.0 Å². The van der Waals surface area contributed by atoms with Gasteiger partial charge in [-0.25, -0.2) is 0 Å². The molecule has 0 unspecified atom stereocenters. The Labute approximate surface area is 162 Å². The van der Waals surface area contributed by atoms with Crippen LogP contribution in [0.25, 0.3) is 0 Å². The molecule has 6 heteroatoms. The Hall–Kier alpha value is -1.31. The third kappa shape index (κ3) is 6.67. The highest BCUT2D eigenvalue weighted by atomic mass is 127. The highest BCUT2D eigenvalue weighted by molar-refractivity contribution is 14.0. The Morgan fingerprint density at radius 3 is 2.67 bits per heavy atom. The Morgan fingerprint density at radius 1 is 1.29 bits per heavy atom. The summed E-state index contributed by atoms with van der Waals surface area (Å²) in [5.74, 6) is 0.561. The maximum absolute atomic E-state index is 12.0. The van der Waals surface area contributed by atoms with Crippen LogP contribution < -0.4 is 11.1 Å². The zero-order chi connectivity index (χ0) is 16.7. The lowest BCUT2D eigenvalue weighted by Crippen LogP contribution is -2.41. The molecule has 24 heavy (non-hydrogen) atoms. The quantitative estimate of drug-likeness (QED) is 0.417. The van der Waals surface area contributed by atoms with Crippen molar-refractivity contribution in [1.82, 2.24) is 10.2 Å². The number of nitrogens with zero attached hydrogens (tertiary/aromatic N) is 2. The number of hydrogen-bond acceptors (Lipinski definition) is 2. The maximum atomic E-state index is 12.0. The molecule has 1 aliphatic rings. The second-order valence-corrected chi connectivity index (χ2v) is 6.40. The fourth-order valence-electron chi connectivity index (χ4n) is 2.93. The second kappa shape index (κ2) is 10.5. The second-order valence-electron chi connectivity index (χ2n) is 6.40. The van der Waals surface area contributed by atoms with E-state index >= 15 is 0 Å². The van der Waals surface area contributed by atoms with Gasteiger partial charge in [0.15, 0.2) is 5.96 Å². The van der Waals surface area contributed by atoms with Gasteiger partial charge in [-0.05, 0) is 37.0 Å². The van der Waals surface area contributed by atoms with Crippen molar-refractivity contribution in [3.63, 3.8) is 0 Å². The number of halogens is 1. The largest absolute Gasteiger partial charge is 0.370 e. The molecular weight excluding hydrogens is 415 g/mol. The number of carbonyl (C=O) groups is 1. The monoisotopic (exact) mass is 444 g/mol. The number of carbonyl (C=O) groups excluding carboxylic acids is 1. The van der Waals surface area contributed by atoms with Crippen LogP contribution in [-0.2, 0) is 6.42 Å². The van der Waals surface area contributed by atoms with Crippen LogP contribution in [-0.4, -0.2) is 43.4 Å². The van der Waals surface area contributed by atoms with Gasteiger partial charge in [-0.2, -0.15) is 0 Å². The minimum Gasteiger partial charge on any atom is -0.370 e. The van der Waals surface area contributed by atoms with Crippen molar-refractivity contribution in [2.75, 3.05) is 20.6 Å². The summed E-state index contributed by atoms with van der Waals surface area (Å²) >= 11 is 0. The van der Waals surface area contributed by atoms with Gasteiger partial charge in [-0.3, -0.25) is 9.79 Å². The fourth-order valence-corrected chi connectivity index (χ4v) is 2.93. The van der Waals surface area contributed by atoms with Gasteiger partial charge in [0.2, 0.25) is 0 Å². The van der Waals surface area contributed by atoms with Crippen molar-refractivity contribution in [3.05, 3.63) is 35.4 Å². The molecule has 0 spiro atoms. The van der Waals surface area contributed by atoms with Crippen LogP contribution in [0, 0.1) is 0 Å². The molecule has 134 valence electrons. The average molecular weight is 444 g/mol. The molecule has 0 radical (unpaired) electrons. The van der Waals surface area contributed by atoms with E-state index in [0.29, 0.717) is 24.1 Å². The van der Waals surface area contributed by atoms with Crippen molar-refractivity contribution in [2.24, 2.45) is 10.7 Å². The summed E-state index contributed by atoms with van der Waals surface area (Å²) in [6, 6.07) is 8.19. The number of nitrogens with one attached hydrogen (secondary N) is 1. The number of benzene rings is 1. The maximum Gasteiger partial charge on any atom is 0.253 e. The van der Waals surface area contributed by atoms with Gasteiger partial charge in [0.05, 0.1) is 0 Å². The smallest absolute Gasteiger partial charge is 0.253 e. The third-order valence-electron chi connectivity index (χ3n) is 4.22. The Bertz CT molecular complexity index is 554. The van der Waals surface area contributed by atoms with Gasteiger partial charge >= 0.3 is 0 Å². The number of hydrogen-bond donors (Lipinski definition) is 2. The molecule has 1 saturated carbocycles. The van der Waals surface area contributed by atoms with Crippen LogP contribution in [0.2, 0.25) is 0 Å². The molecule has 0 heterocycles. The summed E-state index contributed by atoms with van der Waals surface area (Å²) in [6.07, 6.45) is 7.03. The molecule has 1 aromatic rings. The number of nitrogens with two attached hydrogens (primary N) is 1.